The average Bonchev–Trinajstić information content (AvgIpc) is 3.24. The van der Waals surface area contributed by atoms with E-state index in [0.29, 0.717) is 25.5 Å². The predicted octanol–water partition coefficient (Wildman–Crippen LogP) is 2.16. The van der Waals surface area contributed by atoms with E-state index in [1.165, 1.54) is 0 Å². The van der Waals surface area contributed by atoms with Gasteiger partial charge in [-0.3, -0.25) is 4.79 Å². The van der Waals surface area contributed by atoms with Crippen LogP contribution in [0.25, 0.3) is 5.69 Å². The van der Waals surface area contributed by atoms with E-state index >= 15 is 0 Å². The molecular weight excluding hydrogens is 318 g/mol. The first-order valence-electron chi connectivity index (χ1n) is 8.92. The van der Waals surface area contributed by atoms with Gasteiger partial charge in [-0.2, -0.15) is 5.10 Å². The van der Waals surface area contributed by atoms with Crippen molar-refractivity contribution in [2.75, 3.05) is 19.8 Å². The zero-order chi connectivity index (χ0) is 17.2. The van der Waals surface area contributed by atoms with Gasteiger partial charge < -0.3 is 14.8 Å². The molecule has 2 aromatic rings. The van der Waals surface area contributed by atoms with E-state index < -0.39 is 0 Å². The highest BCUT2D eigenvalue weighted by Gasteiger charge is 2.27. The number of hydrogen-bond donors (Lipinski definition) is 1. The summed E-state index contributed by atoms with van der Waals surface area (Å²) in [5.41, 5.74) is 4.96. The molecule has 0 saturated carbocycles. The lowest BCUT2D eigenvalue weighted by Crippen LogP contribution is -2.38. The molecule has 1 saturated heterocycles. The predicted molar refractivity (Wildman–Crippen MR) is 93.0 cm³/mol. The van der Waals surface area contributed by atoms with Crippen molar-refractivity contribution in [2.24, 2.45) is 0 Å². The molecule has 0 atom stereocenters. The van der Waals surface area contributed by atoms with E-state index in [1.807, 2.05) is 22.9 Å². The van der Waals surface area contributed by atoms with Crippen LogP contribution in [0.5, 0.6) is 0 Å². The topological polar surface area (TPSA) is 65.4 Å². The summed E-state index contributed by atoms with van der Waals surface area (Å²) in [5, 5.41) is 7.56. The molecule has 1 fully saturated rings. The minimum Gasteiger partial charge on any atom is -0.351 e. The molecule has 25 heavy (non-hydrogen) atoms. The molecule has 1 aliphatic carbocycles. The molecule has 1 aromatic heterocycles. The Kier molecular flexibility index (Phi) is 4.55. The van der Waals surface area contributed by atoms with Gasteiger partial charge in [0.1, 0.15) is 0 Å². The maximum atomic E-state index is 12.7. The second kappa shape index (κ2) is 6.98. The first-order valence-corrected chi connectivity index (χ1v) is 8.92. The van der Waals surface area contributed by atoms with E-state index in [2.05, 4.69) is 23.4 Å². The van der Waals surface area contributed by atoms with Crippen LogP contribution < -0.4 is 5.32 Å². The van der Waals surface area contributed by atoms with E-state index in [1.54, 1.807) is 0 Å². The van der Waals surface area contributed by atoms with Crippen molar-refractivity contribution < 1.29 is 14.3 Å². The minimum absolute atomic E-state index is 0.150. The van der Waals surface area contributed by atoms with Crippen LogP contribution >= 0.6 is 0 Å². The van der Waals surface area contributed by atoms with Crippen molar-refractivity contribution in [3.05, 3.63) is 46.8 Å². The zero-order valence-corrected chi connectivity index (χ0v) is 14.5. The van der Waals surface area contributed by atoms with Gasteiger partial charge in [-0.1, -0.05) is 18.2 Å². The summed E-state index contributed by atoms with van der Waals surface area (Å²) in [6.45, 7) is 3.77. The lowest BCUT2D eigenvalue weighted by molar-refractivity contribution is -0.174. The molecule has 1 aliphatic heterocycles. The lowest BCUT2D eigenvalue weighted by atomic mass is 10.2. The molecule has 0 unspecified atom stereocenters. The van der Waals surface area contributed by atoms with Crippen LogP contribution in [-0.4, -0.2) is 41.7 Å². The Morgan fingerprint density at radius 1 is 1.24 bits per heavy atom. The van der Waals surface area contributed by atoms with E-state index in [-0.39, 0.29) is 12.2 Å². The highest BCUT2D eigenvalue weighted by atomic mass is 16.7. The van der Waals surface area contributed by atoms with Crippen molar-refractivity contribution in [1.82, 2.24) is 15.1 Å². The monoisotopic (exact) mass is 341 g/mol. The first kappa shape index (κ1) is 16.3. The van der Waals surface area contributed by atoms with Gasteiger partial charge in [0.05, 0.1) is 25.4 Å². The Morgan fingerprint density at radius 3 is 2.84 bits per heavy atom. The molecular formula is C19H23N3O3. The van der Waals surface area contributed by atoms with Crippen LogP contribution in [0.2, 0.25) is 0 Å². The maximum absolute atomic E-state index is 12.7. The fourth-order valence-corrected chi connectivity index (χ4v) is 3.53. The highest BCUT2D eigenvalue weighted by molar-refractivity contribution is 5.94. The van der Waals surface area contributed by atoms with E-state index in [0.717, 1.165) is 48.2 Å². The van der Waals surface area contributed by atoms with Gasteiger partial charge in [-0.05, 0) is 44.2 Å². The third kappa shape index (κ3) is 3.19. The first-order chi connectivity index (χ1) is 12.2. The minimum atomic E-state index is -0.357. The van der Waals surface area contributed by atoms with Gasteiger partial charge >= 0.3 is 0 Å². The number of aryl methyl sites for hydroxylation is 1. The van der Waals surface area contributed by atoms with Crippen molar-refractivity contribution in [3.63, 3.8) is 0 Å². The van der Waals surface area contributed by atoms with Gasteiger partial charge in [0.15, 0.2) is 12.0 Å². The third-order valence-corrected chi connectivity index (χ3v) is 4.81. The number of rotatable bonds is 4. The molecule has 0 bridgehead atoms. The van der Waals surface area contributed by atoms with Crippen LogP contribution in [0, 0.1) is 6.92 Å². The second-order valence-corrected chi connectivity index (χ2v) is 6.56. The smallest absolute Gasteiger partial charge is 0.272 e. The molecule has 0 radical (unpaired) electrons. The summed E-state index contributed by atoms with van der Waals surface area (Å²) < 4.78 is 12.9. The van der Waals surface area contributed by atoms with Gasteiger partial charge in [-0.15, -0.1) is 0 Å². The molecule has 6 nitrogen and oxygen atoms in total. The maximum Gasteiger partial charge on any atom is 0.272 e. The van der Waals surface area contributed by atoms with Crippen LogP contribution in [0.3, 0.4) is 0 Å². The molecule has 1 N–H and O–H groups in total. The number of aromatic nitrogens is 2. The van der Waals surface area contributed by atoms with Gasteiger partial charge in [-0.25, -0.2) is 4.68 Å². The number of ether oxygens (including phenoxy) is 2. The Labute approximate surface area is 147 Å². The lowest BCUT2D eigenvalue weighted by Gasteiger charge is -2.23. The third-order valence-electron chi connectivity index (χ3n) is 4.81. The molecule has 4 rings (SSSR count). The van der Waals surface area contributed by atoms with Crippen molar-refractivity contribution in [2.45, 2.75) is 38.9 Å². The SMILES string of the molecule is Cc1ccccc1-n1nc(C(=O)NCC2OCCCO2)c2c1CCC2. The van der Waals surface area contributed by atoms with Crippen LogP contribution in [-0.2, 0) is 22.3 Å². The number of nitrogens with zero attached hydrogens (tertiary/aromatic N) is 2. The average molecular weight is 341 g/mol. The number of nitrogens with one attached hydrogen (secondary N) is 1. The number of hydrogen-bond acceptors (Lipinski definition) is 4. The second-order valence-electron chi connectivity index (χ2n) is 6.56. The normalized spacial score (nSPS) is 17.5. The number of para-hydroxylation sites is 1. The summed E-state index contributed by atoms with van der Waals surface area (Å²) in [6, 6.07) is 8.13. The van der Waals surface area contributed by atoms with Gasteiger partial charge in [0, 0.05) is 11.3 Å². The molecule has 2 aliphatic rings. The quantitative estimate of drug-likeness (QED) is 0.925. The summed E-state index contributed by atoms with van der Waals surface area (Å²) in [7, 11) is 0. The van der Waals surface area contributed by atoms with Crippen LogP contribution in [0.4, 0.5) is 0 Å². The van der Waals surface area contributed by atoms with E-state index in [4.69, 9.17) is 9.47 Å². The standard InChI is InChI=1S/C19H23N3O3/c1-13-6-2-3-8-15(13)22-16-9-4-7-14(16)18(21-22)19(23)20-12-17-24-10-5-11-25-17/h2-3,6,8,17H,4-5,7,9-12H2,1H3,(H,20,23). The summed E-state index contributed by atoms with van der Waals surface area (Å²) in [6.07, 6.45) is 3.47. The summed E-state index contributed by atoms with van der Waals surface area (Å²) in [5.74, 6) is -0.150. The fraction of sp³-hybridized carbons (Fsp3) is 0.474. The number of fused-ring (bicyclic) bond motifs is 1. The number of carbonyl (C=O) groups excluding carboxylic acids is 1. The molecule has 2 heterocycles. The van der Waals surface area contributed by atoms with Crippen LogP contribution in [0.1, 0.15) is 40.2 Å². The summed E-state index contributed by atoms with van der Waals surface area (Å²) in [4.78, 5) is 12.7. The van der Waals surface area contributed by atoms with Crippen molar-refractivity contribution in [3.8, 4) is 5.69 Å². The van der Waals surface area contributed by atoms with Crippen LogP contribution in [0.15, 0.2) is 24.3 Å². The van der Waals surface area contributed by atoms with Crippen molar-refractivity contribution in [1.29, 1.82) is 0 Å². The van der Waals surface area contributed by atoms with E-state index in [9.17, 15) is 4.79 Å². The Balaban J connectivity index is 1.57. The van der Waals surface area contributed by atoms with Gasteiger partial charge in [0.25, 0.3) is 5.91 Å². The molecule has 0 spiro atoms. The zero-order valence-electron chi connectivity index (χ0n) is 14.5. The number of carbonyl (C=O) groups is 1. The Hall–Kier alpha value is -2.18. The molecule has 132 valence electrons. The van der Waals surface area contributed by atoms with Gasteiger partial charge in [0.2, 0.25) is 0 Å². The Bertz CT molecular complexity index is 778. The molecule has 6 heteroatoms. The van der Waals surface area contributed by atoms with Crippen molar-refractivity contribution >= 4 is 5.91 Å². The number of benzene rings is 1. The largest absolute Gasteiger partial charge is 0.351 e. The molecule has 1 aromatic carbocycles. The summed E-state index contributed by atoms with van der Waals surface area (Å²) >= 11 is 0. The Morgan fingerprint density at radius 2 is 2.04 bits per heavy atom. The molecule has 1 amide bonds. The number of amides is 1. The fourth-order valence-electron chi connectivity index (χ4n) is 3.53. The highest BCUT2D eigenvalue weighted by Crippen LogP contribution is 2.28.